The number of nitrogens with one attached hydrogen (secondary N) is 2. The Bertz CT molecular complexity index is 748. The maximum absolute atomic E-state index is 12.4. The van der Waals surface area contributed by atoms with Crippen LogP contribution in [0.5, 0.6) is 0 Å². The molecule has 1 aliphatic carbocycles. The predicted molar refractivity (Wildman–Crippen MR) is 91.7 cm³/mol. The van der Waals surface area contributed by atoms with Gasteiger partial charge in [-0.05, 0) is 30.4 Å². The second-order valence-corrected chi connectivity index (χ2v) is 6.29. The zero-order valence-corrected chi connectivity index (χ0v) is 14.2. The van der Waals surface area contributed by atoms with Crippen LogP contribution in [0.25, 0.3) is 0 Å². The van der Waals surface area contributed by atoms with Crippen molar-refractivity contribution in [2.45, 2.75) is 32.9 Å². The van der Waals surface area contributed by atoms with Crippen molar-refractivity contribution in [2.24, 2.45) is 5.92 Å². The Morgan fingerprint density at radius 1 is 1.33 bits per heavy atom. The van der Waals surface area contributed by atoms with E-state index in [1.165, 1.54) is 23.0 Å². The fourth-order valence-electron chi connectivity index (χ4n) is 3.17. The number of hydrogen-bond donors (Lipinski definition) is 2. The van der Waals surface area contributed by atoms with E-state index in [-0.39, 0.29) is 12.1 Å². The normalized spacial score (nSPS) is 19.0. The van der Waals surface area contributed by atoms with Gasteiger partial charge in [-0.2, -0.15) is 0 Å². The molecule has 3 rings (SSSR count). The highest BCUT2D eigenvalue weighted by atomic mass is 16.5. The maximum atomic E-state index is 12.4. The van der Waals surface area contributed by atoms with Crippen LogP contribution in [-0.4, -0.2) is 23.1 Å². The molecule has 2 N–H and O–H groups in total. The molecule has 2 aromatic rings. The number of hydrogen-bond acceptors (Lipinski definition) is 4. The van der Waals surface area contributed by atoms with Crippen LogP contribution >= 0.6 is 0 Å². The highest BCUT2D eigenvalue weighted by Gasteiger charge is 2.30. The van der Waals surface area contributed by atoms with Crippen molar-refractivity contribution in [3.8, 4) is 0 Å². The van der Waals surface area contributed by atoms with Gasteiger partial charge in [-0.1, -0.05) is 30.7 Å². The topological polar surface area (TPSA) is 76.1 Å². The third kappa shape index (κ3) is 3.54. The van der Waals surface area contributed by atoms with E-state index in [1.54, 1.807) is 13.2 Å². The Labute approximate surface area is 141 Å². The molecule has 0 radical (unpaired) electrons. The number of amides is 2. The molecule has 1 aromatic carbocycles. The van der Waals surface area contributed by atoms with Crippen LogP contribution in [0.15, 0.2) is 30.6 Å². The molecule has 1 aliphatic rings. The van der Waals surface area contributed by atoms with Crippen LogP contribution in [0.1, 0.15) is 35.3 Å². The van der Waals surface area contributed by atoms with E-state index < -0.39 is 0 Å². The number of anilines is 1. The third-order valence-corrected chi connectivity index (χ3v) is 4.29. The molecule has 0 spiro atoms. The largest absolute Gasteiger partial charge is 0.378 e. The van der Waals surface area contributed by atoms with E-state index in [2.05, 4.69) is 52.6 Å². The lowest BCUT2D eigenvalue weighted by atomic mass is 10.0. The van der Waals surface area contributed by atoms with Crippen molar-refractivity contribution < 1.29 is 9.53 Å². The monoisotopic (exact) mass is 326 g/mol. The quantitative estimate of drug-likeness (QED) is 0.905. The number of carbonyl (C=O) groups excluding carboxylic acids is 1. The minimum atomic E-state index is -0.261. The van der Waals surface area contributed by atoms with Gasteiger partial charge in [0, 0.05) is 13.2 Å². The SMILES string of the molecule is COCc1cc(NC(=O)N[C@H]2c3cc(C)ccc3C[C@H]2C)ncn1. The van der Waals surface area contributed by atoms with E-state index >= 15 is 0 Å². The second-order valence-electron chi connectivity index (χ2n) is 6.29. The third-order valence-electron chi connectivity index (χ3n) is 4.29. The molecule has 126 valence electrons. The molecule has 0 fully saturated rings. The molecular weight excluding hydrogens is 304 g/mol. The molecule has 2 amide bonds. The summed E-state index contributed by atoms with van der Waals surface area (Å²) >= 11 is 0. The molecular formula is C18H22N4O2. The molecule has 1 aromatic heterocycles. The maximum Gasteiger partial charge on any atom is 0.320 e. The molecule has 6 heteroatoms. The van der Waals surface area contributed by atoms with Crippen molar-refractivity contribution >= 4 is 11.8 Å². The van der Waals surface area contributed by atoms with E-state index in [0.29, 0.717) is 18.3 Å². The van der Waals surface area contributed by atoms with Gasteiger partial charge in [0.25, 0.3) is 0 Å². The molecule has 0 saturated heterocycles. The lowest BCUT2D eigenvalue weighted by molar-refractivity contribution is 0.181. The summed E-state index contributed by atoms with van der Waals surface area (Å²) in [5.74, 6) is 0.826. The zero-order chi connectivity index (χ0) is 17.1. The molecule has 0 unspecified atom stereocenters. The number of urea groups is 1. The zero-order valence-electron chi connectivity index (χ0n) is 14.2. The number of nitrogens with zero attached hydrogens (tertiary/aromatic N) is 2. The summed E-state index contributed by atoms with van der Waals surface area (Å²) in [7, 11) is 1.60. The van der Waals surface area contributed by atoms with Gasteiger partial charge in [0.2, 0.25) is 0 Å². The van der Waals surface area contributed by atoms with Gasteiger partial charge in [0.05, 0.1) is 18.3 Å². The summed E-state index contributed by atoms with van der Waals surface area (Å²) in [6.07, 6.45) is 2.40. The number of aryl methyl sites for hydroxylation is 1. The lowest BCUT2D eigenvalue weighted by Gasteiger charge is -2.19. The molecule has 2 atom stereocenters. The first kappa shape index (κ1) is 16.4. The lowest BCUT2D eigenvalue weighted by Crippen LogP contribution is -2.34. The van der Waals surface area contributed by atoms with Crippen molar-refractivity contribution in [1.82, 2.24) is 15.3 Å². The van der Waals surface area contributed by atoms with Crippen LogP contribution in [0.2, 0.25) is 0 Å². The number of carbonyl (C=O) groups is 1. The fraction of sp³-hybridized carbons (Fsp3) is 0.389. The van der Waals surface area contributed by atoms with Gasteiger partial charge in [0.1, 0.15) is 12.1 Å². The number of benzene rings is 1. The number of rotatable bonds is 4. The van der Waals surface area contributed by atoms with Crippen molar-refractivity contribution in [3.63, 3.8) is 0 Å². The second kappa shape index (κ2) is 6.97. The smallest absolute Gasteiger partial charge is 0.320 e. The van der Waals surface area contributed by atoms with Crippen LogP contribution in [0.3, 0.4) is 0 Å². The minimum Gasteiger partial charge on any atom is -0.378 e. The summed E-state index contributed by atoms with van der Waals surface area (Å²) in [6.45, 7) is 4.60. The van der Waals surface area contributed by atoms with Gasteiger partial charge >= 0.3 is 6.03 Å². The van der Waals surface area contributed by atoms with E-state index in [9.17, 15) is 4.79 Å². The molecule has 6 nitrogen and oxygen atoms in total. The number of ether oxygens (including phenoxy) is 1. The summed E-state index contributed by atoms with van der Waals surface area (Å²) < 4.78 is 5.04. The minimum absolute atomic E-state index is 0.0141. The number of fused-ring (bicyclic) bond motifs is 1. The summed E-state index contributed by atoms with van der Waals surface area (Å²) in [4.78, 5) is 20.5. The van der Waals surface area contributed by atoms with Crippen molar-refractivity contribution in [1.29, 1.82) is 0 Å². The molecule has 0 bridgehead atoms. The Hall–Kier alpha value is -2.47. The van der Waals surface area contributed by atoms with Gasteiger partial charge in [-0.15, -0.1) is 0 Å². The Morgan fingerprint density at radius 2 is 2.17 bits per heavy atom. The van der Waals surface area contributed by atoms with Crippen molar-refractivity contribution in [3.05, 3.63) is 53.0 Å². The molecule has 0 aliphatic heterocycles. The Morgan fingerprint density at radius 3 is 2.96 bits per heavy atom. The Balaban J connectivity index is 1.69. The van der Waals surface area contributed by atoms with Gasteiger partial charge in [0.15, 0.2) is 0 Å². The predicted octanol–water partition coefficient (Wildman–Crippen LogP) is 2.99. The fourth-order valence-corrected chi connectivity index (χ4v) is 3.17. The number of methoxy groups -OCH3 is 1. The standard InChI is InChI=1S/C18H22N4O2/c1-11-4-5-13-7-12(2)17(15(13)6-11)22-18(23)21-16-8-14(9-24-3)19-10-20-16/h4-6,8,10,12,17H,7,9H2,1-3H3,(H2,19,20,21,22,23)/t12-,17-/m1/s1. The van der Waals surface area contributed by atoms with Crippen LogP contribution in [0, 0.1) is 12.8 Å². The molecule has 1 heterocycles. The summed E-state index contributed by atoms with van der Waals surface area (Å²) in [6, 6.07) is 7.89. The van der Waals surface area contributed by atoms with E-state index in [0.717, 1.165) is 12.1 Å². The van der Waals surface area contributed by atoms with Crippen LogP contribution in [0.4, 0.5) is 10.6 Å². The van der Waals surface area contributed by atoms with Gasteiger partial charge < -0.3 is 10.1 Å². The Kier molecular flexibility index (Phi) is 4.76. The summed E-state index contributed by atoms with van der Waals surface area (Å²) in [5.41, 5.74) is 4.44. The first-order valence-corrected chi connectivity index (χ1v) is 8.03. The van der Waals surface area contributed by atoms with E-state index in [1.807, 2.05) is 0 Å². The highest BCUT2D eigenvalue weighted by Crippen LogP contribution is 2.36. The first-order valence-electron chi connectivity index (χ1n) is 8.03. The van der Waals surface area contributed by atoms with Gasteiger partial charge in [-0.25, -0.2) is 14.8 Å². The summed E-state index contributed by atoms with van der Waals surface area (Å²) in [5, 5.41) is 5.85. The molecule has 0 saturated carbocycles. The van der Waals surface area contributed by atoms with Gasteiger partial charge in [-0.3, -0.25) is 5.32 Å². The van der Waals surface area contributed by atoms with Crippen molar-refractivity contribution in [2.75, 3.05) is 12.4 Å². The number of aromatic nitrogens is 2. The average molecular weight is 326 g/mol. The average Bonchev–Trinajstić information content (AvgIpc) is 2.84. The first-order chi connectivity index (χ1) is 11.6. The van der Waals surface area contributed by atoms with Crippen LogP contribution < -0.4 is 10.6 Å². The van der Waals surface area contributed by atoms with Crippen LogP contribution in [-0.2, 0) is 17.8 Å². The van der Waals surface area contributed by atoms with E-state index in [4.69, 9.17) is 4.74 Å². The molecule has 24 heavy (non-hydrogen) atoms. The highest BCUT2D eigenvalue weighted by molar-refractivity contribution is 5.88.